The van der Waals surface area contributed by atoms with E-state index >= 15 is 0 Å². The van der Waals surface area contributed by atoms with Crippen molar-refractivity contribution in [2.45, 2.75) is 31.7 Å². The molecule has 1 amide bonds. The Morgan fingerprint density at radius 2 is 1.59 bits per heavy atom. The normalized spacial score (nSPS) is 14.3. The number of carbonyl (C=O) groups is 1. The first-order valence-corrected chi connectivity index (χ1v) is 16.6. The van der Waals surface area contributed by atoms with Gasteiger partial charge in [-0.05, 0) is 105 Å². The molecule has 0 radical (unpaired) electrons. The third-order valence-electron chi connectivity index (χ3n) is 8.14. The Kier molecular flexibility index (Phi) is 8.58. The molecule has 12 heteroatoms. The van der Waals surface area contributed by atoms with Crippen LogP contribution in [0.15, 0.2) is 83.8 Å². The first-order valence-electron chi connectivity index (χ1n) is 14.8. The van der Waals surface area contributed by atoms with Gasteiger partial charge >= 0.3 is 0 Å². The summed E-state index contributed by atoms with van der Waals surface area (Å²) < 4.78 is 57.9. The molecule has 238 valence electrons. The summed E-state index contributed by atoms with van der Waals surface area (Å²) in [6, 6.07) is 20.3. The molecule has 0 atom stereocenters. The Bertz CT molecular complexity index is 2060. The molecule has 1 aliphatic rings. The van der Waals surface area contributed by atoms with Crippen LogP contribution in [0.4, 0.5) is 20.2 Å². The van der Waals surface area contributed by atoms with Gasteiger partial charge in [0.05, 0.1) is 16.1 Å². The lowest BCUT2D eigenvalue weighted by Gasteiger charge is -2.35. The highest BCUT2D eigenvalue weighted by molar-refractivity contribution is 7.89. The Balaban J connectivity index is 1.20. The number of aromatic nitrogens is 2. The van der Waals surface area contributed by atoms with Crippen LogP contribution >= 0.6 is 11.6 Å². The highest BCUT2D eigenvalue weighted by Crippen LogP contribution is 2.32. The topological polar surface area (TPSA) is 87.5 Å². The van der Waals surface area contributed by atoms with Gasteiger partial charge in [-0.25, -0.2) is 22.2 Å². The number of nitrogens with one attached hydrogen (secondary N) is 1. The number of carbonyl (C=O) groups excluding carboxylic acids is 1. The van der Waals surface area contributed by atoms with Crippen LogP contribution in [0, 0.1) is 18.6 Å². The summed E-state index contributed by atoms with van der Waals surface area (Å²) >= 11 is 6.37. The average Bonchev–Trinajstić information content (AvgIpc) is 3.41. The first-order chi connectivity index (χ1) is 21.9. The van der Waals surface area contributed by atoms with Gasteiger partial charge in [0.2, 0.25) is 10.0 Å². The summed E-state index contributed by atoms with van der Waals surface area (Å²) in [5.74, 6) is -0.479. The van der Waals surface area contributed by atoms with Crippen molar-refractivity contribution in [2.24, 2.45) is 0 Å². The van der Waals surface area contributed by atoms with Crippen LogP contribution in [0.1, 0.15) is 35.8 Å². The van der Waals surface area contributed by atoms with Crippen molar-refractivity contribution < 1.29 is 22.0 Å². The van der Waals surface area contributed by atoms with Gasteiger partial charge in [0.15, 0.2) is 0 Å². The van der Waals surface area contributed by atoms with E-state index in [4.69, 9.17) is 16.6 Å². The number of aryl methyl sites for hydroxylation is 1. The first kappa shape index (κ1) is 31.7. The van der Waals surface area contributed by atoms with Crippen molar-refractivity contribution in [2.75, 3.05) is 36.4 Å². The van der Waals surface area contributed by atoms with Crippen LogP contribution < -0.4 is 10.2 Å². The molecule has 1 N–H and O–H groups in total. The van der Waals surface area contributed by atoms with Crippen molar-refractivity contribution in [3.63, 3.8) is 0 Å². The molecule has 0 aliphatic carbocycles. The predicted molar refractivity (Wildman–Crippen MR) is 177 cm³/mol. The van der Waals surface area contributed by atoms with Gasteiger partial charge in [0, 0.05) is 54.7 Å². The van der Waals surface area contributed by atoms with E-state index in [1.54, 1.807) is 24.3 Å². The Morgan fingerprint density at radius 1 is 0.891 bits per heavy atom. The lowest BCUT2D eigenvalue weighted by Crippen LogP contribution is -2.48. The van der Waals surface area contributed by atoms with E-state index in [1.807, 2.05) is 42.4 Å². The molecule has 4 aromatic carbocycles. The van der Waals surface area contributed by atoms with Crippen molar-refractivity contribution in [1.29, 1.82) is 0 Å². The van der Waals surface area contributed by atoms with E-state index in [0.29, 0.717) is 35.6 Å². The predicted octanol–water partition coefficient (Wildman–Crippen LogP) is 7.29. The van der Waals surface area contributed by atoms with E-state index in [9.17, 15) is 22.0 Å². The maximum atomic E-state index is 14.0. The minimum atomic E-state index is -4.00. The number of sulfonamides is 1. The van der Waals surface area contributed by atoms with Gasteiger partial charge in [-0.1, -0.05) is 11.6 Å². The molecule has 0 unspecified atom stereocenters. The number of halogens is 3. The molecule has 46 heavy (non-hydrogen) atoms. The highest BCUT2D eigenvalue weighted by atomic mass is 35.5. The fourth-order valence-electron chi connectivity index (χ4n) is 5.75. The van der Waals surface area contributed by atoms with E-state index in [2.05, 4.69) is 5.32 Å². The number of hydrogen-bond acceptors (Lipinski definition) is 5. The molecule has 8 nitrogen and oxygen atoms in total. The lowest BCUT2D eigenvalue weighted by atomic mass is 10.1. The van der Waals surface area contributed by atoms with Crippen LogP contribution in [-0.2, 0) is 10.0 Å². The van der Waals surface area contributed by atoms with Crippen LogP contribution in [-0.4, -0.2) is 54.4 Å². The Morgan fingerprint density at radius 3 is 2.26 bits per heavy atom. The third kappa shape index (κ3) is 6.10. The summed E-state index contributed by atoms with van der Waals surface area (Å²) in [5.41, 5.74) is 4.45. The van der Waals surface area contributed by atoms with E-state index in [1.165, 1.54) is 46.8 Å². The molecule has 1 fully saturated rings. The second-order valence-corrected chi connectivity index (χ2v) is 13.8. The number of nitrogens with zero attached hydrogens (tertiary/aromatic N) is 4. The van der Waals surface area contributed by atoms with E-state index in [0.717, 1.165) is 16.8 Å². The SMILES string of the molecule is Cc1cc(-c2nc3ccc(F)cc3n2C(C)C)ccc1NC(=O)c1ccc(Cl)c(S(=O)(=O)N2CCN(c3ccc(F)cc3)CC2)c1. The smallest absolute Gasteiger partial charge is 0.255 e. The van der Waals surface area contributed by atoms with E-state index < -0.39 is 15.9 Å². The molecular weight excluding hydrogens is 632 g/mol. The van der Waals surface area contributed by atoms with Gasteiger partial charge in [-0.2, -0.15) is 4.31 Å². The van der Waals surface area contributed by atoms with Crippen LogP contribution in [0.25, 0.3) is 22.4 Å². The number of rotatable bonds is 7. The average molecular weight is 664 g/mol. The highest BCUT2D eigenvalue weighted by Gasteiger charge is 2.31. The second-order valence-electron chi connectivity index (χ2n) is 11.5. The summed E-state index contributed by atoms with van der Waals surface area (Å²) in [6.07, 6.45) is 0. The maximum Gasteiger partial charge on any atom is 0.255 e. The zero-order valence-electron chi connectivity index (χ0n) is 25.5. The number of fused-ring (bicyclic) bond motifs is 1. The standard InChI is InChI=1S/C34H32ClF2N5O3S/c1-21(2)42-31-20-26(37)8-13-30(31)38-33(42)23-5-12-29(22(3)18-23)39-34(43)24-4-11-28(35)32(19-24)46(44,45)41-16-14-40(15-17-41)27-9-6-25(36)7-10-27/h4-13,18-21H,14-17H2,1-3H3,(H,39,43). The number of hydrogen-bond donors (Lipinski definition) is 1. The third-order valence-corrected chi connectivity index (χ3v) is 10.5. The molecule has 1 saturated heterocycles. The van der Waals surface area contributed by atoms with Crippen molar-refractivity contribution in [3.05, 3.63) is 107 Å². The van der Waals surface area contributed by atoms with E-state index in [-0.39, 0.29) is 46.2 Å². The molecule has 0 saturated carbocycles. The van der Waals surface area contributed by atoms with Crippen molar-refractivity contribution in [1.82, 2.24) is 13.9 Å². The number of benzene rings is 4. The zero-order valence-corrected chi connectivity index (χ0v) is 27.0. The number of amides is 1. The monoisotopic (exact) mass is 663 g/mol. The Hall–Kier alpha value is -4.32. The maximum absolute atomic E-state index is 14.0. The molecule has 0 spiro atoms. The van der Waals surface area contributed by atoms with Gasteiger partial charge in [-0.3, -0.25) is 4.79 Å². The fourth-order valence-corrected chi connectivity index (χ4v) is 7.67. The van der Waals surface area contributed by atoms with Gasteiger partial charge in [0.25, 0.3) is 5.91 Å². The molecule has 1 aromatic heterocycles. The molecule has 2 heterocycles. The molecular formula is C34H32ClF2N5O3S. The largest absolute Gasteiger partial charge is 0.369 e. The van der Waals surface area contributed by atoms with Crippen LogP contribution in [0.2, 0.25) is 5.02 Å². The van der Waals surface area contributed by atoms with Crippen molar-refractivity contribution in [3.8, 4) is 11.4 Å². The van der Waals surface area contributed by atoms with Crippen molar-refractivity contribution >= 4 is 49.9 Å². The molecule has 5 aromatic rings. The molecule has 1 aliphatic heterocycles. The summed E-state index contributed by atoms with van der Waals surface area (Å²) in [7, 11) is -4.00. The summed E-state index contributed by atoms with van der Waals surface area (Å²) in [5, 5.41) is 2.90. The van der Waals surface area contributed by atoms with Crippen LogP contribution in [0.5, 0.6) is 0 Å². The number of imidazole rings is 1. The number of piperazine rings is 1. The zero-order chi connectivity index (χ0) is 32.7. The molecule has 0 bridgehead atoms. The number of anilines is 2. The minimum absolute atomic E-state index is 0.0194. The summed E-state index contributed by atoms with van der Waals surface area (Å²) in [4.78, 5) is 19.9. The Labute approximate surface area is 271 Å². The lowest BCUT2D eigenvalue weighted by molar-refractivity contribution is 0.102. The fraction of sp³-hybridized carbons (Fsp3) is 0.235. The molecule has 6 rings (SSSR count). The quantitative estimate of drug-likeness (QED) is 0.198. The second kappa shape index (κ2) is 12.5. The van der Waals surface area contributed by atoms with Gasteiger partial charge in [0.1, 0.15) is 22.4 Å². The van der Waals surface area contributed by atoms with Gasteiger partial charge < -0.3 is 14.8 Å². The van der Waals surface area contributed by atoms with Crippen LogP contribution in [0.3, 0.4) is 0 Å². The van der Waals surface area contributed by atoms with Gasteiger partial charge in [-0.15, -0.1) is 0 Å². The minimum Gasteiger partial charge on any atom is -0.369 e. The summed E-state index contributed by atoms with van der Waals surface area (Å²) in [6.45, 7) is 7.11.